The monoisotopic (exact) mass is 347 g/mol. The van der Waals surface area contributed by atoms with Crippen LogP contribution in [0.25, 0.3) is 0 Å². The molecule has 0 aliphatic carbocycles. The zero-order chi connectivity index (χ0) is 16.5. The molecule has 124 valence electrons. The van der Waals surface area contributed by atoms with E-state index in [2.05, 4.69) is 0 Å². The molecule has 0 radical (unpaired) electrons. The van der Waals surface area contributed by atoms with Gasteiger partial charge in [-0.05, 0) is 30.5 Å². The Labute approximate surface area is 131 Å². The van der Waals surface area contributed by atoms with Crippen LogP contribution in [0.4, 0.5) is 5.69 Å². The summed E-state index contributed by atoms with van der Waals surface area (Å²) in [7, 11) is -5.98. The van der Waals surface area contributed by atoms with E-state index >= 15 is 0 Å². The van der Waals surface area contributed by atoms with Crippen molar-refractivity contribution in [2.75, 3.05) is 24.4 Å². The van der Waals surface area contributed by atoms with Crippen molar-refractivity contribution >= 4 is 25.9 Å². The Morgan fingerprint density at radius 3 is 2.55 bits per heavy atom. The van der Waals surface area contributed by atoms with E-state index in [9.17, 15) is 16.8 Å². The fourth-order valence-electron chi connectivity index (χ4n) is 2.41. The van der Waals surface area contributed by atoms with Gasteiger partial charge in [-0.1, -0.05) is 19.4 Å². The number of rotatable bonds is 6. The minimum Gasteiger partial charge on any atom is -0.257 e. The molecule has 22 heavy (non-hydrogen) atoms. The molecule has 1 aliphatic heterocycles. The highest BCUT2D eigenvalue weighted by Crippen LogP contribution is 2.33. The van der Waals surface area contributed by atoms with Crippen LogP contribution in [-0.4, -0.2) is 41.3 Å². The SMILES string of the molecule is CCCCN(C)S(=O)(=O)N1CCc2ccc(S(N)(=O)=O)cc21. The third-order valence-corrected chi connectivity index (χ3v) is 6.55. The van der Waals surface area contributed by atoms with Gasteiger partial charge < -0.3 is 0 Å². The second-order valence-electron chi connectivity index (χ2n) is 5.34. The number of benzene rings is 1. The molecule has 0 atom stereocenters. The lowest BCUT2D eigenvalue weighted by atomic mass is 10.2. The third-order valence-electron chi connectivity index (χ3n) is 3.74. The molecular formula is C13H21N3O4S2. The lowest BCUT2D eigenvalue weighted by Crippen LogP contribution is -2.41. The van der Waals surface area contributed by atoms with Gasteiger partial charge in [0.25, 0.3) is 0 Å². The third kappa shape index (κ3) is 3.27. The van der Waals surface area contributed by atoms with Crippen molar-refractivity contribution in [1.82, 2.24) is 4.31 Å². The predicted octanol–water partition coefficient (Wildman–Crippen LogP) is 0.673. The molecule has 2 N–H and O–H groups in total. The quantitative estimate of drug-likeness (QED) is 0.817. The summed E-state index contributed by atoms with van der Waals surface area (Å²) in [6.07, 6.45) is 2.22. The molecule has 1 aromatic carbocycles. The lowest BCUT2D eigenvalue weighted by molar-refractivity contribution is 0.457. The van der Waals surface area contributed by atoms with Crippen LogP contribution in [0, 0.1) is 0 Å². The Morgan fingerprint density at radius 2 is 1.95 bits per heavy atom. The summed E-state index contributed by atoms with van der Waals surface area (Å²) in [4.78, 5) is -0.0791. The normalized spacial score (nSPS) is 15.4. The topological polar surface area (TPSA) is 101 Å². The van der Waals surface area contributed by atoms with E-state index in [1.165, 1.54) is 27.8 Å². The van der Waals surface area contributed by atoms with Gasteiger partial charge in [0.05, 0.1) is 10.6 Å². The fourth-order valence-corrected chi connectivity index (χ4v) is 4.38. The lowest BCUT2D eigenvalue weighted by Gasteiger charge is -2.26. The van der Waals surface area contributed by atoms with Crippen molar-refractivity contribution in [3.63, 3.8) is 0 Å². The number of nitrogens with two attached hydrogens (primary N) is 1. The number of hydrogen-bond donors (Lipinski definition) is 1. The van der Waals surface area contributed by atoms with E-state index < -0.39 is 20.2 Å². The van der Waals surface area contributed by atoms with Gasteiger partial charge >= 0.3 is 10.2 Å². The van der Waals surface area contributed by atoms with Gasteiger partial charge in [-0.2, -0.15) is 12.7 Å². The van der Waals surface area contributed by atoms with Crippen LogP contribution in [0.2, 0.25) is 0 Å². The number of nitrogens with zero attached hydrogens (tertiary/aromatic N) is 2. The molecule has 0 unspecified atom stereocenters. The molecule has 2 rings (SSSR count). The molecule has 0 bridgehead atoms. The maximum absolute atomic E-state index is 12.6. The van der Waals surface area contributed by atoms with Crippen molar-refractivity contribution in [3.05, 3.63) is 23.8 Å². The largest absolute Gasteiger partial charge is 0.303 e. The zero-order valence-electron chi connectivity index (χ0n) is 12.7. The number of sulfonamides is 1. The summed E-state index contributed by atoms with van der Waals surface area (Å²) in [5.41, 5.74) is 1.20. The zero-order valence-corrected chi connectivity index (χ0v) is 14.3. The number of hydrogen-bond acceptors (Lipinski definition) is 4. The average molecular weight is 347 g/mol. The standard InChI is InChI=1S/C13H21N3O4S2/c1-3-4-8-15(2)22(19,20)16-9-7-11-5-6-12(10-13(11)16)21(14,17)18/h5-6,10H,3-4,7-9H2,1-2H3,(H2,14,17,18). The van der Waals surface area contributed by atoms with Gasteiger partial charge in [0.2, 0.25) is 10.0 Å². The van der Waals surface area contributed by atoms with Gasteiger partial charge in [0.1, 0.15) is 0 Å². The predicted molar refractivity (Wildman–Crippen MR) is 85.3 cm³/mol. The molecule has 1 aromatic rings. The van der Waals surface area contributed by atoms with E-state index in [-0.39, 0.29) is 4.90 Å². The van der Waals surface area contributed by atoms with Crippen molar-refractivity contribution in [1.29, 1.82) is 0 Å². The molecule has 0 spiro atoms. The molecule has 0 saturated carbocycles. The Bertz CT molecular complexity index is 759. The average Bonchev–Trinajstić information content (AvgIpc) is 2.87. The molecule has 7 nitrogen and oxygen atoms in total. The molecular weight excluding hydrogens is 326 g/mol. The van der Waals surface area contributed by atoms with Crippen molar-refractivity contribution < 1.29 is 16.8 Å². The number of fused-ring (bicyclic) bond motifs is 1. The number of unbranched alkanes of at least 4 members (excludes halogenated alkanes) is 1. The maximum atomic E-state index is 12.6. The molecule has 0 saturated heterocycles. The van der Waals surface area contributed by atoms with Crippen LogP contribution in [0.3, 0.4) is 0 Å². The minimum atomic E-state index is -3.86. The number of anilines is 1. The Kier molecular flexibility index (Phi) is 4.81. The van der Waals surface area contributed by atoms with Gasteiger partial charge in [-0.3, -0.25) is 4.31 Å². The first kappa shape index (κ1) is 17.2. The van der Waals surface area contributed by atoms with E-state index in [1.807, 2.05) is 6.92 Å². The van der Waals surface area contributed by atoms with E-state index in [1.54, 1.807) is 6.07 Å². The van der Waals surface area contributed by atoms with Crippen LogP contribution >= 0.6 is 0 Å². The fraction of sp³-hybridized carbons (Fsp3) is 0.538. The van der Waals surface area contributed by atoms with Gasteiger partial charge in [-0.15, -0.1) is 0 Å². The first-order chi connectivity index (χ1) is 10.2. The van der Waals surface area contributed by atoms with Crippen LogP contribution in [0.1, 0.15) is 25.3 Å². The Hall–Kier alpha value is -1.16. The first-order valence-electron chi connectivity index (χ1n) is 7.07. The van der Waals surface area contributed by atoms with E-state index in [0.717, 1.165) is 18.4 Å². The summed E-state index contributed by atoms with van der Waals surface area (Å²) in [6.45, 7) is 2.73. The Morgan fingerprint density at radius 1 is 1.27 bits per heavy atom. The summed E-state index contributed by atoms with van der Waals surface area (Å²) in [5.74, 6) is 0. The highest BCUT2D eigenvalue weighted by atomic mass is 32.2. The van der Waals surface area contributed by atoms with Gasteiger partial charge in [0, 0.05) is 20.1 Å². The van der Waals surface area contributed by atoms with E-state index in [0.29, 0.717) is 25.2 Å². The van der Waals surface area contributed by atoms with Crippen LogP contribution in [0.15, 0.2) is 23.1 Å². The summed E-state index contributed by atoms with van der Waals surface area (Å²) >= 11 is 0. The van der Waals surface area contributed by atoms with Crippen LogP contribution in [-0.2, 0) is 26.7 Å². The highest BCUT2D eigenvalue weighted by molar-refractivity contribution is 7.90. The van der Waals surface area contributed by atoms with Crippen molar-refractivity contribution in [3.8, 4) is 0 Å². The van der Waals surface area contributed by atoms with Gasteiger partial charge in [0.15, 0.2) is 0 Å². The van der Waals surface area contributed by atoms with Crippen LogP contribution < -0.4 is 9.44 Å². The maximum Gasteiger partial charge on any atom is 0.303 e. The van der Waals surface area contributed by atoms with E-state index in [4.69, 9.17) is 5.14 Å². The first-order valence-corrected chi connectivity index (χ1v) is 10.0. The van der Waals surface area contributed by atoms with Gasteiger partial charge in [-0.25, -0.2) is 13.6 Å². The summed E-state index contributed by atoms with van der Waals surface area (Å²) in [6, 6.07) is 4.37. The second-order valence-corrected chi connectivity index (χ2v) is 8.86. The molecule has 0 fully saturated rings. The molecule has 1 heterocycles. The van der Waals surface area contributed by atoms with Crippen molar-refractivity contribution in [2.24, 2.45) is 5.14 Å². The Balaban J connectivity index is 2.39. The van der Waals surface area contributed by atoms with Crippen LogP contribution in [0.5, 0.6) is 0 Å². The summed E-state index contributed by atoms with van der Waals surface area (Å²) in [5, 5.41) is 5.12. The molecule has 1 aliphatic rings. The highest BCUT2D eigenvalue weighted by Gasteiger charge is 2.33. The minimum absolute atomic E-state index is 0.0791. The smallest absolute Gasteiger partial charge is 0.257 e. The summed E-state index contributed by atoms with van der Waals surface area (Å²) < 4.78 is 50.8. The molecule has 0 amide bonds. The van der Waals surface area contributed by atoms with Crippen molar-refractivity contribution in [2.45, 2.75) is 31.1 Å². The second kappa shape index (κ2) is 6.15. The molecule has 0 aromatic heterocycles. The number of primary sulfonamides is 1. The molecule has 9 heteroatoms.